The minimum Gasteiger partial charge on any atom is -0.329 e. The molecular formula is C16H35N3. The minimum absolute atomic E-state index is 0.629. The Labute approximate surface area is 120 Å². The van der Waals surface area contributed by atoms with Crippen molar-refractivity contribution >= 4 is 0 Å². The fourth-order valence-electron chi connectivity index (χ4n) is 3.20. The van der Waals surface area contributed by atoms with Gasteiger partial charge in [0.15, 0.2) is 0 Å². The molecule has 1 aliphatic rings. The van der Waals surface area contributed by atoms with Crippen LogP contribution in [-0.4, -0.2) is 55.6 Å². The van der Waals surface area contributed by atoms with Gasteiger partial charge in [0.25, 0.3) is 0 Å². The van der Waals surface area contributed by atoms with Crippen LogP contribution in [0.25, 0.3) is 0 Å². The van der Waals surface area contributed by atoms with Crippen LogP contribution in [0.5, 0.6) is 0 Å². The molecule has 2 N–H and O–H groups in total. The van der Waals surface area contributed by atoms with E-state index in [-0.39, 0.29) is 0 Å². The molecule has 0 spiro atoms. The van der Waals surface area contributed by atoms with E-state index in [2.05, 4.69) is 30.8 Å². The normalized spacial score (nSPS) is 20.1. The topological polar surface area (TPSA) is 32.5 Å². The molecule has 0 saturated carbocycles. The Hall–Kier alpha value is -0.120. The van der Waals surface area contributed by atoms with Crippen LogP contribution in [0.15, 0.2) is 0 Å². The first-order chi connectivity index (χ1) is 9.19. The van der Waals surface area contributed by atoms with Gasteiger partial charge in [-0.05, 0) is 46.4 Å². The van der Waals surface area contributed by atoms with Gasteiger partial charge in [-0.25, -0.2) is 0 Å². The summed E-state index contributed by atoms with van der Waals surface area (Å²) in [6.45, 7) is 5.58. The van der Waals surface area contributed by atoms with Crippen LogP contribution in [0.2, 0.25) is 0 Å². The molecule has 1 heterocycles. The Balaban J connectivity index is 2.20. The maximum atomic E-state index is 5.99. The van der Waals surface area contributed by atoms with Crippen LogP contribution in [0.3, 0.4) is 0 Å². The van der Waals surface area contributed by atoms with Crippen molar-refractivity contribution in [3.8, 4) is 0 Å². The Morgan fingerprint density at radius 1 is 1.11 bits per heavy atom. The van der Waals surface area contributed by atoms with E-state index in [0.29, 0.717) is 6.04 Å². The van der Waals surface area contributed by atoms with Crippen molar-refractivity contribution in [2.45, 2.75) is 70.4 Å². The summed E-state index contributed by atoms with van der Waals surface area (Å²) in [5.74, 6) is 0. The third-order valence-corrected chi connectivity index (χ3v) is 4.66. The van der Waals surface area contributed by atoms with Crippen molar-refractivity contribution in [1.82, 2.24) is 9.80 Å². The fraction of sp³-hybridized carbons (Fsp3) is 1.00. The highest BCUT2D eigenvalue weighted by Gasteiger charge is 2.24. The zero-order chi connectivity index (χ0) is 14.1. The third kappa shape index (κ3) is 6.24. The van der Waals surface area contributed by atoms with E-state index in [0.717, 1.165) is 12.6 Å². The number of piperidine rings is 1. The Morgan fingerprint density at radius 3 is 2.26 bits per heavy atom. The molecule has 0 amide bonds. The molecule has 1 saturated heterocycles. The molecule has 114 valence electrons. The molecule has 3 nitrogen and oxygen atoms in total. The second-order valence-corrected chi connectivity index (χ2v) is 6.32. The van der Waals surface area contributed by atoms with E-state index in [9.17, 15) is 0 Å². The van der Waals surface area contributed by atoms with Crippen molar-refractivity contribution in [3.63, 3.8) is 0 Å². The van der Waals surface area contributed by atoms with Gasteiger partial charge < -0.3 is 10.6 Å². The summed E-state index contributed by atoms with van der Waals surface area (Å²) < 4.78 is 0. The number of nitrogens with zero attached hydrogens (tertiary/aromatic N) is 2. The molecule has 19 heavy (non-hydrogen) atoms. The number of hydrogen-bond acceptors (Lipinski definition) is 3. The Kier molecular flexibility index (Phi) is 8.67. The van der Waals surface area contributed by atoms with E-state index in [1.807, 2.05) is 0 Å². The maximum absolute atomic E-state index is 5.99. The summed E-state index contributed by atoms with van der Waals surface area (Å²) in [4.78, 5) is 5.01. The van der Waals surface area contributed by atoms with Crippen LogP contribution >= 0.6 is 0 Å². The fourth-order valence-corrected chi connectivity index (χ4v) is 3.20. The van der Waals surface area contributed by atoms with Gasteiger partial charge in [0.1, 0.15) is 0 Å². The van der Waals surface area contributed by atoms with E-state index >= 15 is 0 Å². The predicted octanol–water partition coefficient (Wildman–Crippen LogP) is 2.70. The first-order valence-electron chi connectivity index (χ1n) is 8.29. The van der Waals surface area contributed by atoms with Crippen molar-refractivity contribution in [3.05, 3.63) is 0 Å². The average molecular weight is 269 g/mol. The third-order valence-electron chi connectivity index (χ3n) is 4.66. The largest absolute Gasteiger partial charge is 0.329 e. The Morgan fingerprint density at radius 2 is 1.74 bits per heavy atom. The van der Waals surface area contributed by atoms with E-state index < -0.39 is 0 Å². The van der Waals surface area contributed by atoms with Gasteiger partial charge in [-0.2, -0.15) is 0 Å². The van der Waals surface area contributed by atoms with Gasteiger partial charge in [-0.3, -0.25) is 4.90 Å². The highest BCUT2D eigenvalue weighted by Crippen LogP contribution is 2.19. The van der Waals surface area contributed by atoms with Crippen molar-refractivity contribution in [2.75, 3.05) is 33.7 Å². The highest BCUT2D eigenvalue weighted by molar-refractivity contribution is 4.82. The van der Waals surface area contributed by atoms with E-state index in [1.165, 1.54) is 64.5 Å². The molecule has 3 heteroatoms. The molecular weight excluding hydrogens is 234 g/mol. The second-order valence-electron chi connectivity index (χ2n) is 6.32. The van der Waals surface area contributed by atoms with Crippen molar-refractivity contribution < 1.29 is 0 Å². The lowest BCUT2D eigenvalue weighted by atomic mass is 9.99. The zero-order valence-corrected chi connectivity index (χ0v) is 13.4. The smallest absolute Gasteiger partial charge is 0.0218 e. The molecule has 0 aromatic heterocycles. The lowest BCUT2D eigenvalue weighted by Gasteiger charge is -2.39. The van der Waals surface area contributed by atoms with Gasteiger partial charge >= 0.3 is 0 Å². The number of unbranched alkanes of at least 4 members (excludes halogenated alkanes) is 4. The van der Waals surface area contributed by atoms with Crippen LogP contribution in [0.1, 0.15) is 58.3 Å². The van der Waals surface area contributed by atoms with Crippen LogP contribution < -0.4 is 5.73 Å². The molecule has 1 unspecified atom stereocenters. The number of likely N-dealkylation sites (tertiary alicyclic amines) is 1. The van der Waals surface area contributed by atoms with Crippen LogP contribution in [0.4, 0.5) is 0 Å². The standard InChI is InChI=1S/C16H35N3/c1-4-5-6-7-8-9-16(14-17)19-12-10-15(11-13-19)18(2)3/h15-16H,4-14,17H2,1-3H3. The molecule has 1 fully saturated rings. The highest BCUT2D eigenvalue weighted by atomic mass is 15.2. The molecule has 1 aliphatic heterocycles. The van der Waals surface area contributed by atoms with Crippen molar-refractivity contribution in [2.24, 2.45) is 5.73 Å². The van der Waals surface area contributed by atoms with Gasteiger partial charge in [0, 0.05) is 18.6 Å². The first kappa shape index (κ1) is 16.9. The predicted molar refractivity (Wildman–Crippen MR) is 84.5 cm³/mol. The lowest BCUT2D eigenvalue weighted by Crippen LogP contribution is -2.48. The molecule has 0 aliphatic carbocycles. The summed E-state index contributed by atoms with van der Waals surface area (Å²) in [6, 6.07) is 1.41. The van der Waals surface area contributed by atoms with Gasteiger partial charge in [-0.1, -0.05) is 39.0 Å². The minimum atomic E-state index is 0.629. The monoisotopic (exact) mass is 269 g/mol. The summed E-state index contributed by atoms with van der Waals surface area (Å²) in [5, 5.41) is 0. The molecule has 0 aromatic carbocycles. The molecule has 1 atom stereocenters. The van der Waals surface area contributed by atoms with E-state index in [4.69, 9.17) is 5.73 Å². The van der Waals surface area contributed by atoms with Gasteiger partial charge in [0.2, 0.25) is 0 Å². The van der Waals surface area contributed by atoms with Crippen LogP contribution in [-0.2, 0) is 0 Å². The first-order valence-corrected chi connectivity index (χ1v) is 8.29. The summed E-state index contributed by atoms with van der Waals surface area (Å²) in [6.07, 6.45) is 10.8. The summed E-state index contributed by atoms with van der Waals surface area (Å²) in [5.41, 5.74) is 5.99. The molecule has 0 radical (unpaired) electrons. The molecule has 0 bridgehead atoms. The van der Waals surface area contributed by atoms with Crippen molar-refractivity contribution in [1.29, 1.82) is 0 Å². The summed E-state index contributed by atoms with van der Waals surface area (Å²) in [7, 11) is 4.41. The second kappa shape index (κ2) is 9.73. The van der Waals surface area contributed by atoms with Gasteiger partial charge in [0.05, 0.1) is 0 Å². The Bertz CT molecular complexity index is 210. The summed E-state index contributed by atoms with van der Waals surface area (Å²) >= 11 is 0. The number of nitrogens with two attached hydrogens (primary N) is 1. The quantitative estimate of drug-likeness (QED) is 0.653. The maximum Gasteiger partial charge on any atom is 0.0218 e. The number of rotatable bonds is 9. The SMILES string of the molecule is CCCCCCCC(CN)N1CCC(N(C)C)CC1. The zero-order valence-electron chi connectivity index (χ0n) is 13.4. The molecule has 1 rings (SSSR count). The van der Waals surface area contributed by atoms with Crippen LogP contribution in [0, 0.1) is 0 Å². The van der Waals surface area contributed by atoms with Gasteiger partial charge in [-0.15, -0.1) is 0 Å². The molecule has 0 aromatic rings. The van der Waals surface area contributed by atoms with E-state index in [1.54, 1.807) is 0 Å². The number of hydrogen-bond donors (Lipinski definition) is 1. The average Bonchev–Trinajstić information content (AvgIpc) is 2.43. The lowest BCUT2D eigenvalue weighted by molar-refractivity contribution is 0.105.